The van der Waals surface area contributed by atoms with Crippen molar-refractivity contribution in [3.8, 4) is 0 Å². The summed E-state index contributed by atoms with van der Waals surface area (Å²) in [5.41, 5.74) is -1.07. The summed E-state index contributed by atoms with van der Waals surface area (Å²) < 4.78 is 11.7. The Bertz CT molecular complexity index is 306. The van der Waals surface area contributed by atoms with Gasteiger partial charge in [-0.05, 0) is 54.4 Å². The number of aliphatic carboxylic acids is 1. The second-order valence-corrected chi connectivity index (χ2v) is 7.61. The predicted octanol–water partition coefficient (Wildman–Crippen LogP) is 5.05. The van der Waals surface area contributed by atoms with E-state index in [2.05, 4.69) is 34.6 Å². The summed E-state index contributed by atoms with van der Waals surface area (Å²) in [6.07, 6.45) is 2.94. The van der Waals surface area contributed by atoms with Gasteiger partial charge < -0.3 is 14.6 Å². The van der Waals surface area contributed by atoms with Crippen LogP contribution in [0.5, 0.6) is 0 Å². The van der Waals surface area contributed by atoms with Gasteiger partial charge in [-0.15, -0.1) is 0 Å². The quantitative estimate of drug-likeness (QED) is 0.646. The van der Waals surface area contributed by atoms with Crippen LogP contribution in [0.4, 0.5) is 0 Å². The largest absolute Gasteiger partial charge is 0.481 e. The van der Waals surface area contributed by atoms with Crippen molar-refractivity contribution < 1.29 is 19.4 Å². The molecule has 0 saturated heterocycles. The van der Waals surface area contributed by atoms with E-state index in [0.717, 1.165) is 12.8 Å². The van der Waals surface area contributed by atoms with E-state index in [1.807, 2.05) is 13.8 Å². The molecule has 0 unspecified atom stereocenters. The fraction of sp³-hybridized carbons (Fsp3) is 0.944. The molecule has 0 fully saturated rings. The molecular weight excluding hydrogens is 280 g/mol. The van der Waals surface area contributed by atoms with Gasteiger partial charge in [-0.2, -0.15) is 0 Å². The summed E-state index contributed by atoms with van der Waals surface area (Å²) in [5.74, 6) is -0.840. The van der Waals surface area contributed by atoms with Gasteiger partial charge in [0.15, 0.2) is 0 Å². The molecule has 1 N–H and O–H groups in total. The standard InChI is InChI=1S/C15H30O4.C3H8/c1-8-13(2,3)19-14(4,5)9-10-18-15(6,7)11-12(16)17;1-3-2/h8-11H2,1-7H3,(H,16,17);3H2,1-2H3. The van der Waals surface area contributed by atoms with E-state index >= 15 is 0 Å². The van der Waals surface area contributed by atoms with Crippen LogP contribution >= 0.6 is 0 Å². The molecule has 0 aromatic carbocycles. The molecule has 4 nitrogen and oxygen atoms in total. The summed E-state index contributed by atoms with van der Waals surface area (Å²) in [4.78, 5) is 10.7. The predicted molar refractivity (Wildman–Crippen MR) is 92.4 cm³/mol. The van der Waals surface area contributed by atoms with Crippen LogP contribution < -0.4 is 0 Å². The molecule has 0 aliphatic carbocycles. The highest BCUT2D eigenvalue weighted by Gasteiger charge is 2.29. The van der Waals surface area contributed by atoms with Crippen molar-refractivity contribution in [2.45, 2.75) is 105 Å². The van der Waals surface area contributed by atoms with Gasteiger partial charge in [0, 0.05) is 0 Å². The Hall–Kier alpha value is -0.610. The molecule has 134 valence electrons. The molecule has 0 heterocycles. The van der Waals surface area contributed by atoms with Crippen molar-refractivity contribution in [2.24, 2.45) is 0 Å². The Kier molecular flexibility index (Phi) is 11.0. The Balaban J connectivity index is 0. The zero-order chi connectivity index (χ0) is 18.0. The Labute approximate surface area is 137 Å². The maximum Gasteiger partial charge on any atom is 0.306 e. The first-order valence-corrected chi connectivity index (χ1v) is 8.36. The van der Waals surface area contributed by atoms with Gasteiger partial charge in [0.05, 0.1) is 29.8 Å². The molecule has 0 saturated carbocycles. The summed E-state index contributed by atoms with van der Waals surface area (Å²) in [6.45, 7) is 18.7. The lowest BCUT2D eigenvalue weighted by Crippen LogP contribution is -2.38. The first kappa shape index (κ1) is 23.7. The van der Waals surface area contributed by atoms with Crippen molar-refractivity contribution in [1.29, 1.82) is 0 Å². The van der Waals surface area contributed by atoms with Crippen LogP contribution in [0.3, 0.4) is 0 Å². The van der Waals surface area contributed by atoms with Crippen molar-refractivity contribution in [1.82, 2.24) is 0 Å². The van der Waals surface area contributed by atoms with Crippen LogP contribution in [0.2, 0.25) is 0 Å². The molecule has 0 bridgehead atoms. The summed E-state index contributed by atoms with van der Waals surface area (Å²) in [7, 11) is 0. The second-order valence-electron chi connectivity index (χ2n) is 7.61. The Morgan fingerprint density at radius 3 is 1.73 bits per heavy atom. The van der Waals surface area contributed by atoms with E-state index in [0.29, 0.717) is 6.61 Å². The van der Waals surface area contributed by atoms with Gasteiger partial charge >= 0.3 is 5.97 Å². The smallest absolute Gasteiger partial charge is 0.306 e. The van der Waals surface area contributed by atoms with Crippen LogP contribution in [0, 0.1) is 0 Å². The molecular formula is C18H38O4. The monoisotopic (exact) mass is 318 g/mol. The molecule has 0 aromatic rings. The first-order valence-electron chi connectivity index (χ1n) is 8.36. The average Bonchev–Trinajstić information content (AvgIpc) is 2.25. The van der Waals surface area contributed by atoms with Gasteiger partial charge in [-0.1, -0.05) is 27.2 Å². The van der Waals surface area contributed by atoms with Gasteiger partial charge in [-0.25, -0.2) is 0 Å². The number of ether oxygens (including phenoxy) is 2. The molecule has 0 atom stereocenters. The van der Waals surface area contributed by atoms with Crippen LogP contribution in [-0.4, -0.2) is 34.5 Å². The van der Waals surface area contributed by atoms with E-state index in [4.69, 9.17) is 14.6 Å². The minimum absolute atomic E-state index is 0.00867. The van der Waals surface area contributed by atoms with Crippen molar-refractivity contribution in [2.75, 3.05) is 6.61 Å². The van der Waals surface area contributed by atoms with Crippen LogP contribution in [0.25, 0.3) is 0 Å². The van der Waals surface area contributed by atoms with E-state index < -0.39 is 11.6 Å². The summed E-state index contributed by atoms with van der Waals surface area (Å²) >= 11 is 0. The van der Waals surface area contributed by atoms with Crippen LogP contribution in [0.1, 0.15) is 88.0 Å². The maximum absolute atomic E-state index is 10.7. The number of carbonyl (C=O) groups is 1. The molecule has 0 aliphatic heterocycles. The van der Waals surface area contributed by atoms with Gasteiger partial charge in [-0.3, -0.25) is 4.79 Å². The minimum Gasteiger partial charge on any atom is -0.481 e. The zero-order valence-electron chi connectivity index (χ0n) is 16.2. The normalized spacial score (nSPS) is 12.6. The van der Waals surface area contributed by atoms with Gasteiger partial charge in [0.2, 0.25) is 0 Å². The van der Waals surface area contributed by atoms with E-state index in [-0.39, 0.29) is 17.6 Å². The molecule has 4 heteroatoms. The molecule has 0 spiro atoms. The van der Waals surface area contributed by atoms with E-state index in [1.54, 1.807) is 13.8 Å². The average molecular weight is 318 g/mol. The number of carboxylic acids is 1. The first-order chi connectivity index (χ1) is 9.81. The highest BCUT2D eigenvalue weighted by Crippen LogP contribution is 2.26. The third kappa shape index (κ3) is 14.3. The summed E-state index contributed by atoms with van der Waals surface area (Å²) in [5, 5.41) is 8.79. The topological polar surface area (TPSA) is 55.8 Å². The van der Waals surface area contributed by atoms with E-state index in [9.17, 15) is 4.79 Å². The lowest BCUT2D eigenvalue weighted by molar-refractivity contribution is -0.150. The SMILES string of the molecule is CCC.CCC(C)(C)OC(C)(C)CCOC(C)(C)CC(=O)O. The van der Waals surface area contributed by atoms with Crippen molar-refractivity contribution in [3.05, 3.63) is 0 Å². The van der Waals surface area contributed by atoms with E-state index in [1.165, 1.54) is 6.42 Å². The number of carboxylic acid groups (broad SMARTS) is 1. The maximum atomic E-state index is 10.7. The molecule has 0 amide bonds. The molecule has 0 rings (SSSR count). The summed E-state index contributed by atoms with van der Waals surface area (Å²) in [6, 6.07) is 0. The lowest BCUT2D eigenvalue weighted by Gasteiger charge is -2.36. The third-order valence-corrected chi connectivity index (χ3v) is 3.18. The minimum atomic E-state index is -0.840. The van der Waals surface area contributed by atoms with Gasteiger partial charge in [0.1, 0.15) is 0 Å². The Morgan fingerprint density at radius 1 is 0.909 bits per heavy atom. The molecule has 0 aliphatic rings. The number of hydrogen-bond donors (Lipinski definition) is 1. The van der Waals surface area contributed by atoms with Crippen LogP contribution in [0.15, 0.2) is 0 Å². The Morgan fingerprint density at radius 2 is 1.36 bits per heavy atom. The lowest BCUT2D eigenvalue weighted by atomic mass is 10.0. The fourth-order valence-corrected chi connectivity index (χ4v) is 1.86. The highest BCUT2D eigenvalue weighted by atomic mass is 16.5. The van der Waals surface area contributed by atoms with Crippen LogP contribution in [-0.2, 0) is 14.3 Å². The van der Waals surface area contributed by atoms with Crippen molar-refractivity contribution >= 4 is 5.97 Å². The van der Waals surface area contributed by atoms with Crippen molar-refractivity contribution in [3.63, 3.8) is 0 Å². The van der Waals surface area contributed by atoms with Gasteiger partial charge in [0.25, 0.3) is 0 Å². The zero-order valence-corrected chi connectivity index (χ0v) is 16.2. The molecule has 22 heavy (non-hydrogen) atoms. The fourth-order valence-electron chi connectivity index (χ4n) is 1.86. The molecule has 0 radical (unpaired) electrons. The second kappa shape index (κ2) is 10.2. The number of hydrogen-bond acceptors (Lipinski definition) is 3. The highest BCUT2D eigenvalue weighted by molar-refractivity contribution is 5.67. The number of rotatable bonds is 9. The third-order valence-electron chi connectivity index (χ3n) is 3.18. The molecule has 0 aromatic heterocycles.